The number of aryl methyl sites for hydroxylation is 3. The van der Waals surface area contributed by atoms with E-state index in [2.05, 4.69) is 79.2 Å². The smallest absolute Gasteiger partial charge is 0.0647 e. The van der Waals surface area contributed by atoms with Gasteiger partial charge in [0, 0.05) is 0 Å². The summed E-state index contributed by atoms with van der Waals surface area (Å²) in [5, 5.41) is 0. The van der Waals surface area contributed by atoms with Gasteiger partial charge in [-0.1, -0.05) is 70.9 Å². The number of alkyl halides is 1. The van der Waals surface area contributed by atoms with Gasteiger partial charge in [-0.25, -0.2) is 0 Å². The maximum atomic E-state index is 3.82. The molecule has 1 unspecified atom stereocenters. The van der Waals surface area contributed by atoms with E-state index in [0.717, 1.165) is 6.42 Å². The first-order valence-electron chi connectivity index (χ1n) is 6.42. The van der Waals surface area contributed by atoms with Gasteiger partial charge in [-0.3, -0.25) is 0 Å². The molecule has 0 saturated heterocycles. The molecule has 0 bridgehead atoms. The number of benzene rings is 2. The second-order valence-electron chi connectivity index (χ2n) is 4.82. The van der Waals surface area contributed by atoms with Crippen LogP contribution >= 0.6 is 15.9 Å². The fourth-order valence-corrected chi connectivity index (χ4v) is 3.03. The zero-order valence-electron chi connectivity index (χ0n) is 11.2. The highest BCUT2D eigenvalue weighted by Crippen LogP contribution is 2.33. The van der Waals surface area contributed by atoms with Crippen LogP contribution in [0.2, 0.25) is 0 Å². The third-order valence-electron chi connectivity index (χ3n) is 3.38. The molecule has 0 nitrogen and oxygen atoms in total. The molecule has 0 spiro atoms. The number of hydrogen-bond donors (Lipinski definition) is 0. The highest BCUT2D eigenvalue weighted by atomic mass is 79.9. The Hall–Kier alpha value is -1.08. The molecule has 0 fully saturated rings. The second-order valence-corrected chi connectivity index (χ2v) is 5.73. The maximum Gasteiger partial charge on any atom is 0.0647 e. The van der Waals surface area contributed by atoms with E-state index < -0.39 is 0 Å². The van der Waals surface area contributed by atoms with Crippen LogP contribution in [0.25, 0.3) is 0 Å². The number of halogens is 1. The zero-order valence-corrected chi connectivity index (χ0v) is 12.8. The summed E-state index contributed by atoms with van der Waals surface area (Å²) >= 11 is 3.82. The minimum absolute atomic E-state index is 0.281. The van der Waals surface area contributed by atoms with E-state index in [1.807, 2.05) is 0 Å². The van der Waals surface area contributed by atoms with Crippen molar-refractivity contribution in [1.29, 1.82) is 0 Å². The molecule has 0 amide bonds. The SMILES string of the molecule is CCc1ccc(C(Br)c2ccc(C)cc2C)cc1. The predicted molar refractivity (Wildman–Crippen MR) is 82.5 cm³/mol. The molecule has 2 aromatic carbocycles. The summed E-state index contributed by atoms with van der Waals surface area (Å²) in [5.74, 6) is 0. The maximum absolute atomic E-state index is 3.82. The molecule has 1 heteroatoms. The lowest BCUT2D eigenvalue weighted by molar-refractivity contribution is 1.10. The van der Waals surface area contributed by atoms with E-state index in [9.17, 15) is 0 Å². The van der Waals surface area contributed by atoms with Crippen molar-refractivity contribution in [1.82, 2.24) is 0 Å². The van der Waals surface area contributed by atoms with Gasteiger partial charge >= 0.3 is 0 Å². The van der Waals surface area contributed by atoms with Crippen molar-refractivity contribution in [2.24, 2.45) is 0 Å². The molecule has 0 radical (unpaired) electrons. The Bertz CT molecular complexity index is 526. The minimum atomic E-state index is 0.281. The van der Waals surface area contributed by atoms with E-state index in [1.54, 1.807) is 0 Å². The van der Waals surface area contributed by atoms with Crippen molar-refractivity contribution >= 4 is 15.9 Å². The first-order chi connectivity index (χ1) is 8.61. The van der Waals surface area contributed by atoms with Crippen LogP contribution in [0.15, 0.2) is 42.5 Å². The van der Waals surface area contributed by atoms with Crippen molar-refractivity contribution in [2.45, 2.75) is 32.0 Å². The van der Waals surface area contributed by atoms with E-state index in [0.29, 0.717) is 0 Å². The highest BCUT2D eigenvalue weighted by Gasteiger charge is 2.12. The Morgan fingerprint density at radius 2 is 1.67 bits per heavy atom. The van der Waals surface area contributed by atoms with Gasteiger partial charge in [0.25, 0.3) is 0 Å². The fourth-order valence-electron chi connectivity index (χ4n) is 2.21. The van der Waals surface area contributed by atoms with Crippen LogP contribution in [0.1, 0.15) is 39.6 Å². The summed E-state index contributed by atoms with van der Waals surface area (Å²) in [4.78, 5) is 0.281. The third-order valence-corrected chi connectivity index (χ3v) is 4.40. The van der Waals surface area contributed by atoms with Gasteiger partial charge in [0.1, 0.15) is 0 Å². The molecule has 0 heterocycles. The van der Waals surface area contributed by atoms with E-state index in [-0.39, 0.29) is 4.83 Å². The molecule has 0 aliphatic heterocycles. The van der Waals surface area contributed by atoms with Crippen LogP contribution < -0.4 is 0 Å². The monoisotopic (exact) mass is 302 g/mol. The molecule has 18 heavy (non-hydrogen) atoms. The van der Waals surface area contributed by atoms with E-state index in [1.165, 1.54) is 27.8 Å². The molecule has 0 aliphatic carbocycles. The lowest BCUT2D eigenvalue weighted by Crippen LogP contribution is -1.96. The molecule has 0 saturated carbocycles. The molecule has 0 aliphatic rings. The van der Waals surface area contributed by atoms with Gasteiger partial charge < -0.3 is 0 Å². The van der Waals surface area contributed by atoms with E-state index >= 15 is 0 Å². The largest absolute Gasteiger partial charge is 0.0786 e. The van der Waals surface area contributed by atoms with Gasteiger partial charge in [0.15, 0.2) is 0 Å². The van der Waals surface area contributed by atoms with Crippen molar-refractivity contribution in [2.75, 3.05) is 0 Å². The average molecular weight is 303 g/mol. The standard InChI is InChI=1S/C17H19Br/c1-4-14-6-8-15(9-7-14)17(18)16-10-5-12(2)11-13(16)3/h5-11,17H,4H2,1-3H3. The van der Waals surface area contributed by atoms with Crippen molar-refractivity contribution in [3.05, 3.63) is 70.3 Å². The Balaban J connectivity index is 2.31. The first kappa shape index (κ1) is 13.4. The Labute approximate surface area is 118 Å². The molecular formula is C17H19Br. The molecule has 0 N–H and O–H groups in total. The Morgan fingerprint density at radius 3 is 2.22 bits per heavy atom. The average Bonchev–Trinajstić information content (AvgIpc) is 2.38. The lowest BCUT2D eigenvalue weighted by atomic mass is 9.98. The Kier molecular flexibility index (Phi) is 4.23. The number of rotatable bonds is 3. The molecule has 2 rings (SSSR count). The fraction of sp³-hybridized carbons (Fsp3) is 0.294. The van der Waals surface area contributed by atoms with Crippen molar-refractivity contribution in [3.8, 4) is 0 Å². The molecular weight excluding hydrogens is 284 g/mol. The summed E-state index contributed by atoms with van der Waals surface area (Å²) in [6, 6.07) is 15.5. The molecule has 2 aromatic rings. The van der Waals surface area contributed by atoms with Crippen LogP contribution in [0, 0.1) is 13.8 Å². The van der Waals surface area contributed by atoms with Gasteiger partial charge in [-0.2, -0.15) is 0 Å². The summed E-state index contributed by atoms with van der Waals surface area (Å²) in [7, 11) is 0. The molecule has 0 aromatic heterocycles. The first-order valence-corrected chi connectivity index (χ1v) is 7.33. The Morgan fingerprint density at radius 1 is 1.00 bits per heavy atom. The highest BCUT2D eigenvalue weighted by molar-refractivity contribution is 9.09. The second kappa shape index (κ2) is 5.71. The minimum Gasteiger partial charge on any atom is -0.0786 e. The van der Waals surface area contributed by atoms with Crippen LogP contribution in [0.3, 0.4) is 0 Å². The quantitative estimate of drug-likeness (QED) is 0.670. The zero-order chi connectivity index (χ0) is 13.1. The van der Waals surface area contributed by atoms with Crippen LogP contribution in [0.4, 0.5) is 0 Å². The van der Waals surface area contributed by atoms with Crippen LogP contribution in [0.5, 0.6) is 0 Å². The van der Waals surface area contributed by atoms with Crippen LogP contribution in [-0.4, -0.2) is 0 Å². The number of hydrogen-bond acceptors (Lipinski definition) is 0. The van der Waals surface area contributed by atoms with Gasteiger partial charge in [0.05, 0.1) is 4.83 Å². The van der Waals surface area contributed by atoms with Crippen LogP contribution in [-0.2, 0) is 6.42 Å². The van der Waals surface area contributed by atoms with Crippen molar-refractivity contribution < 1.29 is 0 Å². The van der Waals surface area contributed by atoms with E-state index in [4.69, 9.17) is 0 Å². The summed E-state index contributed by atoms with van der Waals surface area (Å²) in [5.41, 5.74) is 6.72. The topological polar surface area (TPSA) is 0 Å². The summed E-state index contributed by atoms with van der Waals surface area (Å²) < 4.78 is 0. The van der Waals surface area contributed by atoms with Crippen molar-refractivity contribution in [3.63, 3.8) is 0 Å². The van der Waals surface area contributed by atoms with Gasteiger partial charge in [-0.05, 0) is 42.5 Å². The van der Waals surface area contributed by atoms with Gasteiger partial charge in [-0.15, -0.1) is 0 Å². The predicted octanol–water partition coefficient (Wildman–Crippen LogP) is 5.35. The normalized spacial score (nSPS) is 12.4. The lowest BCUT2D eigenvalue weighted by Gasteiger charge is -2.14. The summed E-state index contributed by atoms with van der Waals surface area (Å²) in [6.45, 7) is 6.50. The molecule has 94 valence electrons. The summed E-state index contributed by atoms with van der Waals surface area (Å²) in [6.07, 6.45) is 1.09. The molecule has 1 atom stereocenters. The van der Waals surface area contributed by atoms with Gasteiger partial charge in [0.2, 0.25) is 0 Å². The third kappa shape index (κ3) is 2.84.